The van der Waals surface area contributed by atoms with Crippen LogP contribution in [0.3, 0.4) is 0 Å². The van der Waals surface area contributed by atoms with E-state index >= 15 is 0 Å². The topological polar surface area (TPSA) is 62.0 Å². The smallest absolute Gasteiger partial charge is 0.191 e. The summed E-state index contributed by atoms with van der Waals surface area (Å²) in [6, 6.07) is 12.9. The van der Waals surface area contributed by atoms with Gasteiger partial charge in [0.15, 0.2) is 5.96 Å². The molecule has 0 aliphatic carbocycles. The molecule has 1 saturated heterocycles. The largest absolute Gasteiger partial charge is 0.469 e. The van der Waals surface area contributed by atoms with E-state index in [2.05, 4.69) is 46.7 Å². The van der Waals surface area contributed by atoms with Crippen LogP contribution < -0.4 is 15.5 Å². The highest BCUT2D eigenvalue weighted by Gasteiger charge is 2.14. The van der Waals surface area contributed by atoms with Gasteiger partial charge in [-0.1, -0.05) is 12.1 Å². The standard InChI is InChI=1S/C24H36N4O2.HI/c1-3-29-17-8-13-25-24(26-14-12-23-11-7-18-30-23)27-20(2)21-9-6-10-22(19-21)28-15-4-5-16-28;/h6-7,9-11,18-20H,3-5,8,12-17H2,1-2H3,(H2,25,26,27);1H. The van der Waals surface area contributed by atoms with Crippen LogP contribution in [0.25, 0.3) is 0 Å². The van der Waals surface area contributed by atoms with Gasteiger partial charge in [0.05, 0.1) is 12.3 Å². The molecular weight excluding hydrogens is 503 g/mol. The van der Waals surface area contributed by atoms with Gasteiger partial charge in [-0.25, -0.2) is 0 Å². The Morgan fingerprint density at radius 1 is 1.23 bits per heavy atom. The van der Waals surface area contributed by atoms with Crippen molar-refractivity contribution in [3.63, 3.8) is 0 Å². The number of halogens is 1. The minimum Gasteiger partial charge on any atom is -0.469 e. The van der Waals surface area contributed by atoms with E-state index in [-0.39, 0.29) is 30.0 Å². The van der Waals surface area contributed by atoms with Crippen molar-refractivity contribution in [2.75, 3.05) is 44.3 Å². The maximum Gasteiger partial charge on any atom is 0.191 e. The normalized spacial score (nSPS) is 14.9. The number of rotatable bonds is 11. The van der Waals surface area contributed by atoms with E-state index in [0.717, 1.165) is 64.0 Å². The Hall–Kier alpha value is -1.74. The van der Waals surface area contributed by atoms with Crippen molar-refractivity contribution >= 4 is 35.6 Å². The van der Waals surface area contributed by atoms with Crippen molar-refractivity contribution < 1.29 is 9.15 Å². The summed E-state index contributed by atoms with van der Waals surface area (Å²) in [4.78, 5) is 7.23. The fourth-order valence-electron chi connectivity index (χ4n) is 3.67. The Balaban J connectivity index is 0.00000341. The zero-order valence-electron chi connectivity index (χ0n) is 18.8. The quantitative estimate of drug-likeness (QED) is 0.186. The molecule has 172 valence electrons. The molecule has 1 atom stereocenters. The molecular formula is C24H37IN4O2. The van der Waals surface area contributed by atoms with Gasteiger partial charge >= 0.3 is 0 Å². The first-order valence-electron chi connectivity index (χ1n) is 11.3. The molecule has 1 fully saturated rings. The first-order chi connectivity index (χ1) is 14.8. The Morgan fingerprint density at radius 2 is 2.06 bits per heavy atom. The van der Waals surface area contributed by atoms with Crippen LogP contribution in [0.5, 0.6) is 0 Å². The number of nitrogens with zero attached hydrogens (tertiary/aromatic N) is 2. The maximum absolute atomic E-state index is 5.43. The lowest BCUT2D eigenvalue weighted by Crippen LogP contribution is -2.40. The first kappa shape index (κ1) is 25.5. The second-order valence-electron chi connectivity index (χ2n) is 7.69. The van der Waals surface area contributed by atoms with Gasteiger partial charge in [0.1, 0.15) is 5.76 Å². The zero-order valence-corrected chi connectivity index (χ0v) is 21.1. The summed E-state index contributed by atoms with van der Waals surface area (Å²) in [6.07, 6.45) is 6.03. The fraction of sp³-hybridized carbons (Fsp3) is 0.542. The number of hydrogen-bond acceptors (Lipinski definition) is 4. The van der Waals surface area contributed by atoms with Crippen LogP contribution in [0.2, 0.25) is 0 Å². The van der Waals surface area contributed by atoms with Crippen molar-refractivity contribution in [3.8, 4) is 0 Å². The molecule has 0 bridgehead atoms. The van der Waals surface area contributed by atoms with Crippen LogP contribution >= 0.6 is 24.0 Å². The van der Waals surface area contributed by atoms with Crippen LogP contribution in [0, 0.1) is 0 Å². The number of benzene rings is 1. The molecule has 0 saturated carbocycles. The van der Waals surface area contributed by atoms with E-state index in [4.69, 9.17) is 14.1 Å². The van der Waals surface area contributed by atoms with E-state index in [9.17, 15) is 0 Å². The average molecular weight is 540 g/mol. The zero-order chi connectivity index (χ0) is 21.0. The Labute approximate surface area is 203 Å². The van der Waals surface area contributed by atoms with Crippen molar-refractivity contribution in [3.05, 3.63) is 54.0 Å². The molecule has 1 aromatic heterocycles. The van der Waals surface area contributed by atoms with Crippen LogP contribution in [-0.4, -0.2) is 45.4 Å². The fourth-order valence-corrected chi connectivity index (χ4v) is 3.67. The lowest BCUT2D eigenvalue weighted by atomic mass is 10.1. The molecule has 1 unspecified atom stereocenters. The van der Waals surface area contributed by atoms with Crippen LogP contribution in [-0.2, 0) is 11.2 Å². The summed E-state index contributed by atoms with van der Waals surface area (Å²) in [6.45, 7) is 9.52. The van der Waals surface area contributed by atoms with Gasteiger partial charge in [-0.15, -0.1) is 24.0 Å². The van der Waals surface area contributed by atoms with Gasteiger partial charge in [-0.3, -0.25) is 4.99 Å². The lowest BCUT2D eigenvalue weighted by molar-refractivity contribution is 0.146. The molecule has 2 heterocycles. The van der Waals surface area contributed by atoms with Gasteiger partial charge in [0, 0.05) is 51.5 Å². The highest BCUT2D eigenvalue weighted by molar-refractivity contribution is 14.0. The van der Waals surface area contributed by atoms with Gasteiger partial charge < -0.3 is 24.7 Å². The molecule has 1 aliphatic rings. The minimum absolute atomic E-state index is 0. The van der Waals surface area contributed by atoms with E-state index in [0.29, 0.717) is 0 Å². The molecule has 31 heavy (non-hydrogen) atoms. The second-order valence-corrected chi connectivity index (χ2v) is 7.69. The molecule has 2 N–H and O–H groups in total. The Bertz CT molecular complexity index is 761. The molecule has 3 rings (SSSR count). The number of ether oxygens (including phenoxy) is 1. The number of nitrogens with one attached hydrogen (secondary N) is 2. The van der Waals surface area contributed by atoms with E-state index in [1.54, 1.807) is 6.26 Å². The van der Waals surface area contributed by atoms with Crippen molar-refractivity contribution in [2.45, 2.75) is 45.6 Å². The molecule has 2 aromatic rings. The lowest BCUT2D eigenvalue weighted by Gasteiger charge is -2.22. The highest BCUT2D eigenvalue weighted by atomic mass is 127. The number of anilines is 1. The molecule has 0 spiro atoms. The van der Waals surface area contributed by atoms with E-state index < -0.39 is 0 Å². The van der Waals surface area contributed by atoms with Crippen LogP contribution in [0.4, 0.5) is 5.69 Å². The Kier molecular flexibility index (Phi) is 11.8. The third-order valence-electron chi connectivity index (χ3n) is 5.36. The Morgan fingerprint density at radius 3 is 2.81 bits per heavy atom. The van der Waals surface area contributed by atoms with Crippen molar-refractivity contribution in [1.29, 1.82) is 0 Å². The highest BCUT2D eigenvalue weighted by Crippen LogP contribution is 2.23. The predicted molar refractivity (Wildman–Crippen MR) is 139 cm³/mol. The van der Waals surface area contributed by atoms with Crippen molar-refractivity contribution in [2.24, 2.45) is 4.99 Å². The average Bonchev–Trinajstić information content (AvgIpc) is 3.48. The maximum atomic E-state index is 5.43. The third-order valence-corrected chi connectivity index (χ3v) is 5.36. The summed E-state index contributed by atoms with van der Waals surface area (Å²) < 4.78 is 10.9. The molecule has 0 radical (unpaired) electrons. The monoisotopic (exact) mass is 540 g/mol. The molecule has 6 nitrogen and oxygen atoms in total. The number of furan rings is 1. The van der Waals surface area contributed by atoms with Gasteiger partial charge in [0.25, 0.3) is 0 Å². The van der Waals surface area contributed by atoms with E-state index in [1.807, 2.05) is 19.1 Å². The summed E-state index contributed by atoms with van der Waals surface area (Å²) in [7, 11) is 0. The molecule has 7 heteroatoms. The number of hydrogen-bond donors (Lipinski definition) is 2. The minimum atomic E-state index is 0. The van der Waals surface area contributed by atoms with Crippen molar-refractivity contribution in [1.82, 2.24) is 10.6 Å². The number of guanidine groups is 1. The summed E-state index contributed by atoms with van der Waals surface area (Å²) in [5, 5.41) is 7.02. The second kappa shape index (κ2) is 14.3. The van der Waals surface area contributed by atoms with Gasteiger partial charge in [-0.05, 0) is 62.9 Å². The van der Waals surface area contributed by atoms with Crippen LogP contribution in [0.15, 0.2) is 52.1 Å². The SMILES string of the molecule is CCOCCCN=C(NCCc1ccco1)NC(C)c1cccc(N2CCCC2)c1.I. The van der Waals surface area contributed by atoms with E-state index in [1.165, 1.54) is 24.1 Å². The molecule has 1 aliphatic heterocycles. The summed E-state index contributed by atoms with van der Waals surface area (Å²) in [5.41, 5.74) is 2.59. The third kappa shape index (κ3) is 8.73. The van der Waals surface area contributed by atoms with Crippen LogP contribution in [0.1, 0.15) is 50.5 Å². The first-order valence-corrected chi connectivity index (χ1v) is 11.3. The predicted octanol–water partition coefficient (Wildman–Crippen LogP) is 4.76. The summed E-state index contributed by atoms with van der Waals surface area (Å²) in [5.74, 6) is 1.81. The van der Waals surface area contributed by atoms with Gasteiger partial charge in [0.2, 0.25) is 0 Å². The number of aliphatic imine (C=N–C) groups is 1. The molecule has 0 amide bonds. The molecule has 1 aromatic carbocycles. The van der Waals surface area contributed by atoms with Gasteiger partial charge in [-0.2, -0.15) is 0 Å². The summed E-state index contributed by atoms with van der Waals surface area (Å²) >= 11 is 0.